The van der Waals surface area contributed by atoms with Crippen molar-refractivity contribution in [3.8, 4) is 0 Å². The largest absolute Gasteiger partial charge is 0.251 e. The number of hydrogen-bond donors (Lipinski definition) is 0. The van der Waals surface area contributed by atoms with E-state index in [9.17, 15) is 0 Å². The number of aryl methyl sites for hydroxylation is 7. The first-order valence-corrected chi connectivity index (χ1v) is 15.0. The summed E-state index contributed by atoms with van der Waals surface area (Å²) in [5, 5.41) is 0. The maximum absolute atomic E-state index is 5.23. The van der Waals surface area contributed by atoms with Gasteiger partial charge in [0.05, 0.1) is 34.2 Å². The van der Waals surface area contributed by atoms with Gasteiger partial charge in [-0.1, -0.05) is 88.8 Å². The van der Waals surface area contributed by atoms with Crippen LogP contribution in [0.1, 0.15) is 118 Å². The van der Waals surface area contributed by atoms with Gasteiger partial charge < -0.3 is 0 Å². The first kappa shape index (κ1) is 30.5. The van der Waals surface area contributed by atoms with Gasteiger partial charge in [-0.25, -0.2) is 4.98 Å². The van der Waals surface area contributed by atoms with Gasteiger partial charge in [0.15, 0.2) is 0 Å². The maximum atomic E-state index is 5.23. The van der Waals surface area contributed by atoms with E-state index in [4.69, 9.17) is 15.0 Å². The van der Waals surface area contributed by atoms with Crippen molar-refractivity contribution < 1.29 is 0 Å². The second-order valence-corrected chi connectivity index (χ2v) is 11.2. The minimum atomic E-state index is 0.927. The molecule has 0 aliphatic carbocycles. The standard InChI is InChI=1S/C36H49N3/c1-10-14-29-18-24(5)19-30(15-11-2)35(29)37-27(8)33-22-26(7)23-34(39-33)28(9)38-36-31(16-12-3)20-25(6)21-32(36)17-13-4/h18-23H,10-17H2,1-9H3. The molecule has 0 aliphatic heterocycles. The van der Waals surface area contributed by atoms with Gasteiger partial charge in [-0.15, -0.1) is 0 Å². The molecule has 3 aromatic rings. The molecule has 208 valence electrons. The van der Waals surface area contributed by atoms with E-state index < -0.39 is 0 Å². The van der Waals surface area contributed by atoms with Crippen molar-refractivity contribution in [3.05, 3.63) is 86.7 Å². The van der Waals surface area contributed by atoms with E-state index in [0.29, 0.717) is 0 Å². The number of pyridine rings is 1. The number of aliphatic imine (C=N–C) groups is 2. The molecule has 0 N–H and O–H groups in total. The van der Waals surface area contributed by atoms with Crippen LogP contribution in [0, 0.1) is 20.8 Å². The van der Waals surface area contributed by atoms with Crippen molar-refractivity contribution in [1.82, 2.24) is 4.98 Å². The van der Waals surface area contributed by atoms with Crippen molar-refractivity contribution in [2.75, 3.05) is 0 Å². The molecular weight excluding hydrogens is 474 g/mol. The SMILES string of the molecule is CCCc1cc(C)cc(CCC)c1N=C(C)c1cc(C)cc(C(C)=Nc2c(CCC)cc(C)cc2CCC)n1. The van der Waals surface area contributed by atoms with Crippen LogP contribution >= 0.6 is 0 Å². The van der Waals surface area contributed by atoms with Gasteiger partial charge in [0.2, 0.25) is 0 Å². The Hall–Kier alpha value is -3.07. The highest BCUT2D eigenvalue weighted by Gasteiger charge is 2.14. The van der Waals surface area contributed by atoms with E-state index in [-0.39, 0.29) is 0 Å². The minimum absolute atomic E-state index is 0.927. The van der Waals surface area contributed by atoms with Gasteiger partial charge in [0.25, 0.3) is 0 Å². The smallest absolute Gasteiger partial charge is 0.0852 e. The molecule has 0 amide bonds. The van der Waals surface area contributed by atoms with Crippen LogP contribution in [-0.2, 0) is 25.7 Å². The molecule has 39 heavy (non-hydrogen) atoms. The summed E-state index contributed by atoms with van der Waals surface area (Å²) in [6.07, 6.45) is 8.60. The van der Waals surface area contributed by atoms with E-state index >= 15 is 0 Å². The Morgan fingerprint density at radius 2 is 0.795 bits per heavy atom. The molecule has 0 fully saturated rings. The van der Waals surface area contributed by atoms with Crippen LogP contribution in [0.2, 0.25) is 0 Å². The molecule has 3 rings (SSSR count). The molecule has 3 nitrogen and oxygen atoms in total. The third kappa shape index (κ3) is 7.97. The van der Waals surface area contributed by atoms with Gasteiger partial charge in [-0.2, -0.15) is 0 Å². The molecule has 1 aromatic heterocycles. The van der Waals surface area contributed by atoms with E-state index in [1.807, 2.05) is 0 Å². The highest BCUT2D eigenvalue weighted by atomic mass is 14.8. The van der Waals surface area contributed by atoms with Crippen molar-refractivity contribution in [2.45, 2.75) is 114 Å². The van der Waals surface area contributed by atoms with Gasteiger partial charge >= 0.3 is 0 Å². The van der Waals surface area contributed by atoms with Crippen LogP contribution in [-0.4, -0.2) is 16.4 Å². The van der Waals surface area contributed by atoms with Crippen LogP contribution in [0.4, 0.5) is 11.4 Å². The topological polar surface area (TPSA) is 37.6 Å². The lowest BCUT2D eigenvalue weighted by Crippen LogP contribution is -2.07. The van der Waals surface area contributed by atoms with E-state index in [1.54, 1.807) is 0 Å². The van der Waals surface area contributed by atoms with E-state index in [0.717, 1.165) is 85.6 Å². The number of nitrogens with zero attached hydrogens (tertiary/aromatic N) is 3. The summed E-state index contributed by atoms with van der Waals surface area (Å²) >= 11 is 0. The van der Waals surface area contributed by atoms with Gasteiger partial charge in [0, 0.05) is 0 Å². The lowest BCUT2D eigenvalue weighted by Gasteiger charge is -2.15. The first-order valence-electron chi connectivity index (χ1n) is 15.0. The summed E-state index contributed by atoms with van der Waals surface area (Å²) in [4.78, 5) is 15.6. The summed E-state index contributed by atoms with van der Waals surface area (Å²) in [5.41, 5.74) is 15.3. The Labute approximate surface area is 237 Å². The highest BCUT2D eigenvalue weighted by molar-refractivity contribution is 6.03. The third-order valence-corrected chi connectivity index (χ3v) is 7.17. The zero-order valence-corrected chi connectivity index (χ0v) is 26.0. The van der Waals surface area contributed by atoms with Crippen LogP contribution in [0.25, 0.3) is 0 Å². The Bertz CT molecular complexity index is 1190. The predicted molar refractivity (Wildman–Crippen MR) is 171 cm³/mol. The molecule has 3 heteroatoms. The minimum Gasteiger partial charge on any atom is -0.251 e. The van der Waals surface area contributed by atoms with Gasteiger partial charge in [-0.3, -0.25) is 9.98 Å². The highest BCUT2D eigenvalue weighted by Crippen LogP contribution is 2.31. The van der Waals surface area contributed by atoms with Crippen molar-refractivity contribution >= 4 is 22.8 Å². The average Bonchev–Trinajstić information content (AvgIpc) is 2.88. The molecule has 0 unspecified atom stereocenters. The molecule has 1 heterocycles. The fourth-order valence-electron chi connectivity index (χ4n) is 5.48. The molecule has 0 saturated carbocycles. The lowest BCUT2D eigenvalue weighted by atomic mass is 9.97. The number of benzene rings is 2. The molecule has 2 aromatic carbocycles. The summed E-state index contributed by atoms with van der Waals surface area (Å²) in [6.45, 7) is 19.7. The summed E-state index contributed by atoms with van der Waals surface area (Å²) in [7, 11) is 0. The zero-order chi connectivity index (χ0) is 28.5. The monoisotopic (exact) mass is 523 g/mol. The van der Waals surface area contributed by atoms with Crippen molar-refractivity contribution in [1.29, 1.82) is 0 Å². The Morgan fingerprint density at radius 1 is 0.513 bits per heavy atom. The molecule has 0 radical (unpaired) electrons. The Balaban J connectivity index is 2.11. The van der Waals surface area contributed by atoms with Crippen LogP contribution in [0.3, 0.4) is 0 Å². The third-order valence-electron chi connectivity index (χ3n) is 7.17. The molecule has 0 atom stereocenters. The van der Waals surface area contributed by atoms with Crippen LogP contribution in [0.5, 0.6) is 0 Å². The average molecular weight is 524 g/mol. The predicted octanol–water partition coefficient (Wildman–Crippen LogP) is 10.1. The van der Waals surface area contributed by atoms with Crippen LogP contribution < -0.4 is 0 Å². The maximum Gasteiger partial charge on any atom is 0.0852 e. The molecule has 0 aliphatic rings. The lowest BCUT2D eigenvalue weighted by molar-refractivity contribution is 0.892. The molecule has 0 bridgehead atoms. The molecule has 0 saturated heterocycles. The zero-order valence-electron chi connectivity index (χ0n) is 26.0. The van der Waals surface area contributed by atoms with Gasteiger partial charge in [0.1, 0.15) is 0 Å². The first-order chi connectivity index (χ1) is 18.7. The number of aromatic nitrogens is 1. The normalized spacial score (nSPS) is 12.3. The summed E-state index contributed by atoms with van der Waals surface area (Å²) < 4.78 is 0. The fourth-order valence-corrected chi connectivity index (χ4v) is 5.48. The van der Waals surface area contributed by atoms with E-state index in [2.05, 4.69) is 98.7 Å². The molecule has 0 spiro atoms. The van der Waals surface area contributed by atoms with Crippen LogP contribution in [0.15, 0.2) is 46.4 Å². The van der Waals surface area contributed by atoms with Gasteiger partial charge in [-0.05, 0) is 100 Å². The summed E-state index contributed by atoms with van der Waals surface area (Å²) in [5.74, 6) is 0. The number of rotatable bonds is 12. The van der Waals surface area contributed by atoms with Crippen molar-refractivity contribution in [2.24, 2.45) is 9.98 Å². The molecular formula is C36H49N3. The Kier molecular flexibility index (Phi) is 11.2. The Morgan fingerprint density at radius 3 is 1.08 bits per heavy atom. The number of hydrogen-bond acceptors (Lipinski definition) is 3. The second kappa shape index (κ2) is 14.4. The van der Waals surface area contributed by atoms with E-state index in [1.165, 1.54) is 38.9 Å². The van der Waals surface area contributed by atoms with Crippen molar-refractivity contribution in [3.63, 3.8) is 0 Å². The fraction of sp³-hybridized carbons (Fsp3) is 0.472. The second-order valence-electron chi connectivity index (χ2n) is 11.2. The summed E-state index contributed by atoms with van der Waals surface area (Å²) in [6, 6.07) is 13.5. The quantitative estimate of drug-likeness (QED) is 0.218.